The van der Waals surface area contributed by atoms with Crippen molar-refractivity contribution in [1.29, 1.82) is 0 Å². The lowest BCUT2D eigenvalue weighted by molar-refractivity contribution is 0.394. The smallest absolute Gasteiger partial charge is 0.331 e. The fourth-order valence-electron chi connectivity index (χ4n) is 3.38. The van der Waals surface area contributed by atoms with Crippen LogP contribution < -0.4 is 11.2 Å². The number of rotatable bonds is 3. The summed E-state index contributed by atoms with van der Waals surface area (Å²) in [4.78, 5) is 30.1. The topological polar surface area (TPSA) is 82.9 Å². The Morgan fingerprint density at radius 2 is 2.00 bits per heavy atom. The van der Waals surface area contributed by atoms with Gasteiger partial charge in [-0.05, 0) is 37.0 Å². The van der Waals surface area contributed by atoms with E-state index in [2.05, 4.69) is 10.1 Å². The summed E-state index contributed by atoms with van der Waals surface area (Å²) in [5.74, 6) is -1.59. The van der Waals surface area contributed by atoms with E-state index in [4.69, 9.17) is 4.52 Å². The number of fused-ring (bicyclic) bond motifs is 1. The van der Waals surface area contributed by atoms with Crippen LogP contribution in [0.2, 0.25) is 0 Å². The van der Waals surface area contributed by atoms with Crippen molar-refractivity contribution < 1.29 is 13.3 Å². The summed E-state index contributed by atoms with van der Waals surface area (Å²) in [5.41, 5.74) is 0.0501. The minimum absolute atomic E-state index is 0.127. The molecule has 0 N–H and O–H groups in total. The van der Waals surface area contributed by atoms with E-state index in [0.717, 1.165) is 29.5 Å². The summed E-state index contributed by atoms with van der Waals surface area (Å²) in [6, 6.07) is 3.28. The average molecular weight is 374 g/mol. The van der Waals surface area contributed by atoms with Gasteiger partial charge in [-0.2, -0.15) is 4.98 Å². The first kappa shape index (κ1) is 17.3. The molecule has 0 fully saturated rings. The van der Waals surface area contributed by atoms with Gasteiger partial charge in [0, 0.05) is 19.2 Å². The molecule has 0 aliphatic carbocycles. The SMILES string of the molecule is Cc1nc(-c2c3n(c(=O)n(Cc4ccc(F)c(F)c4)c2=O)CCCC3)no1. The van der Waals surface area contributed by atoms with Crippen LogP contribution in [0.5, 0.6) is 0 Å². The van der Waals surface area contributed by atoms with Crippen LogP contribution in [0.25, 0.3) is 11.4 Å². The van der Waals surface area contributed by atoms with Gasteiger partial charge in [-0.1, -0.05) is 11.2 Å². The molecule has 27 heavy (non-hydrogen) atoms. The van der Waals surface area contributed by atoms with Gasteiger partial charge in [0.25, 0.3) is 5.56 Å². The molecule has 0 atom stereocenters. The second-order valence-corrected chi connectivity index (χ2v) is 6.49. The zero-order valence-corrected chi connectivity index (χ0v) is 14.5. The summed E-state index contributed by atoms with van der Waals surface area (Å²) in [6.45, 7) is 1.90. The molecule has 4 rings (SSSR count). The summed E-state index contributed by atoms with van der Waals surface area (Å²) < 4.78 is 34.2. The Labute approximate surface area is 151 Å². The van der Waals surface area contributed by atoms with Gasteiger partial charge < -0.3 is 4.52 Å². The van der Waals surface area contributed by atoms with Crippen molar-refractivity contribution in [3.05, 3.63) is 67.8 Å². The number of nitrogens with zero attached hydrogens (tertiary/aromatic N) is 4. The predicted molar refractivity (Wildman–Crippen MR) is 91.4 cm³/mol. The van der Waals surface area contributed by atoms with Gasteiger partial charge in [0.2, 0.25) is 11.7 Å². The zero-order chi connectivity index (χ0) is 19.1. The van der Waals surface area contributed by atoms with Crippen LogP contribution in [0.3, 0.4) is 0 Å². The minimum Gasteiger partial charge on any atom is -0.339 e. The van der Waals surface area contributed by atoms with Gasteiger partial charge in [0.1, 0.15) is 5.56 Å². The monoisotopic (exact) mass is 374 g/mol. The maximum absolute atomic E-state index is 13.5. The zero-order valence-electron chi connectivity index (χ0n) is 14.5. The van der Waals surface area contributed by atoms with Crippen LogP contribution in [0.1, 0.15) is 30.0 Å². The van der Waals surface area contributed by atoms with Crippen molar-refractivity contribution in [3.8, 4) is 11.4 Å². The van der Waals surface area contributed by atoms with E-state index in [0.29, 0.717) is 30.1 Å². The Balaban J connectivity index is 1.92. The van der Waals surface area contributed by atoms with Gasteiger partial charge in [0.05, 0.1) is 6.54 Å². The molecule has 0 saturated carbocycles. The summed E-state index contributed by atoms with van der Waals surface area (Å²) in [6.07, 6.45) is 2.20. The molecule has 3 aromatic rings. The Morgan fingerprint density at radius 3 is 2.70 bits per heavy atom. The summed E-state index contributed by atoms with van der Waals surface area (Å²) in [5, 5.41) is 3.83. The molecule has 0 amide bonds. The first-order valence-corrected chi connectivity index (χ1v) is 8.57. The van der Waals surface area contributed by atoms with Crippen LogP contribution >= 0.6 is 0 Å². The third-order valence-electron chi connectivity index (χ3n) is 4.66. The van der Waals surface area contributed by atoms with Gasteiger partial charge in [0.15, 0.2) is 11.6 Å². The van der Waals surface area contributed by atoms with E-state index < -0.39 is 22.9 Å². The van der Waals surface area contributed by atoms with Crippen LogP contribution in [0, 0.1) is 18.6 Å². The average Bonchev–Trinajstić information content (AvgIpc) is 3.08. The Morgan fingerprint density at radius 1 is 1.19 bits per heavy atom. The van der Waals surface area contributed by atoms with E-state index in [1.54, 1.807) is 6.92 Å². The molecule has 0 bridgehead atoms. The molecule has 3 heterocycles. The van der Waals surface area contributed by atoms with Gasteiger partial charge in [-0.25, -0.2) is 13.6 Å². The molecule has 1 aromatic carbocycles. The van der Waals surface area contributed by atoms with Crippen LogP contribution in [0.4, 0.5) is 8.78 Å². The van der Waals surface area contributed by atoms with Gasteiger partial charge >= 0.3 is 5.69 Å². The largest absolute Gasteiger partial charge is 0.339 e. The fourth-order valence-corrected chi connectivity index (χ4v) is 3.38. The Hall–Kier alpha value is -3.10. The van der Waals surface area contributed by atoms with Gasteiger partial charge in [-0.3, -0.25) is 13.9 Å². The van der Waals surface area contributed by atoms with E-state index in [9.17, 15) is 18.4 Å². The van der Waals surface area contributed by atoms with Crippen LogP contribution in [-0.2, 0) is 19.5 Å². The first-order valence-electron chi connectivity index (χ1n) is 8.57. The van der Waals surface area contributed by atoms with Crippen molar-refractivity contribution in [2.75, 3.05) is 0 Å². The van der Waals surface area contributed by atoms with Crippen molar-refractivity contribution >= 4 is 0 Å². The van der Waals surface area contributed by atoms with E-state index in [1.165, 1.54) is 10.6 Å². The van der Waals surface area contributed by atoms with Crippen molar-refractivity contribution in [2.45, 2.75) is 39.3 Å². The number of hydrogen-bond donors (Lipinski definition) is 0. The second kappa shape index (κ2) is 6.57. The molecule has 1 aliphatic rings. The van der Waals surface area contributed by atoms with Crippen molar-refractivity contribution in [1.82, 2.24) is 19.3 Å². The summed E-state index contributed by atoms with van der Waals surface area (Å²) >= 11 is 0. The molecule has 0 spiro atoms. The van der Waals surface area contributed by atoms with E-state index in [-0.39, 0.29) is 17.9 Å². The van der Waals surface area contributed by atoms with Crippen LogP contribution in [-0.4, -0.2) is 19.3 Å². The highest BCUT2D eigenvalue weighted by molar-refractivity contribution is 5.56. The highest BCUT2D eigenvalue weighted by Gasteiger charge is 2.25. The molecule has 0 unspecified atom stereocenters. The van der Waals surface area contributed by atoms with Gasteiger partial charge in [-0.15, -0.1) is 0 Å². The maximum Gasteiger partial charge on any atom is 0.331 e. The lowest BCUT2D eigenvalue weighted by atomic mass is 10.0. The molecule has 0 radical (unpaired) electrons. The maximum atomic E-state index is 13.5. The number of benzene rings is 1. The quantitative estimate of drug-likeness (QED) is 0.701. The molecule has 2 aromatic heterocycles. The predicted octanol–water partition coefficient (Wildman–Crippen LogP) is 2.03. The second-order valence-electron chi connectivity index (χ2n) is 6.49. The minimum atomic E-state index is -1.03. The molecular weight excluding hydrogens is 358 g/mol. The first-order chi connectivity index (χ1) is 13.0. The number of hydrogen-bond acceptors (Lipinski definition) is 5. The molecule has 1 aliphatic heterocycles. The number of aromatic nitrogens is 4. The molecular formula is C18H16F2N4O3. The Bertz CT molecular complexity index is 1150. The molecule has 140 valence electrons. The Kier molecular flexibility index (Phi) is 4.21. The highest BCUT2D eigenvalue weighted by atomic mass is 19.2. The standard InChI is InChI=1S/C18H16F2N4O3/c1-10-21-16(22-27-10)15-14-4-2-3-7-23(14)18(26)24(17(15)25)9-11-5-6-12(19)13(20)8-11/h5-6,8H,2-4,7,9H2,1H3. The highest BCUT2D eigenvalue weighted by Crippen LogP contribution is 2.22. The summed E-state index contributed by atoms with van der Waals surface area (Å²) in [7, 11) is 0. The number of halogens is 2. The van der Waals surface area contributed by atoms with E-state index >= 15 is 0 Å². The normalized spacial score (nSPS) is 13.6. The molecule has 0 saturated heterocycles. The number of aryl methyl sites for hydroxylation is 1. The molecule has 9 heteroatoms. The van der Waals surface area contributed by atoms with Crippen molar-refractivity contribution in [2.24, 2.45) is 0 Å². The lowest BCUT2D eigenvalue weighted by Gasteiger charge is -2.21. The van der Waals surface area contributed by atoms with Crippen molar-refractivity contribution in [3.63, 3.8) is 0 Å². The van der Waals surface area contributed by atoms with E-state index in [1.807, 2.05) is 0 Å². The third kappa shape index (κ3) is 2.98. The lowest BCUT2D eigenvalue weighted by Crippen LogP contribution is -2.44. The fraction of sp³-hybridized carbons (Fsp3) is 0.333. The molecule has 7 nitrogen and oxygen atoms in total. The van der Waals surface area contributed by atoms with Crippen LogP contribution in [0.15, 0.2) is 32.3 Å². The third-order valence-corrected chi connectivity index (χ3v) is 4.66.